The quantitative estimate of drug-likeness (QED) is 0.189. The first-order valence-electron chi connectivity index (χ1n) is 9.88. The molecule has 27 heavy (non-hydrogen) atoms. The molecule has 144 valence electrons. The average molecular weight is 367 g/mol. The molecule has 3 nitrogen and oxygen atoms in total. The molecule has 0 spiro atoms. The van der Waals surface area contributed by atoms with E-state index in [9.17, 15) is 4.79 Å². The highest BCUT2D eigenvalue weighted by Crippen LogP contribution is 2.18. The van der Waals surface area contributed by atoms with Crippen molar-refractivity contribution < 1.29 is 14.3 Å². The van der Waals surface area contributed by atoms with Crippen molar-refractivity contribution in [1.82, 2.24) is 0 Å². The van der Waals surface area contributed by atoms with Gasteiger partial charge in [0.15, 0.2) is 0 Å². The van der Waals surface area contributed by atoms with Gasteiger partial charge in [-0.25, -0.2) is 4.79 Å². The molecular weight excluding hydrogens is 336 g/mol. The van der Waals surface area contributed by atoms with Gasteiger partial charge in [0.05, 0.1) is 12.2 Å². The van der Waals surface area contributed by atoms with Gasteiger partial charge in [0, 0.05) is 0 Å². The Morgan fingerprint density at radius 2 is 1.63 bits per heavy atom. The van der Waals surface area contributed by atoms with Gasteiger partial charge in [-0.05, 0) is 74.1 Å². The van der Waals surface area contributed by atoms with Crippen LogP contribution in [0.4, 0.5) is 0 Å². The van der Waals surface area contributed by atoms with Crippen molar-refractivity contribution in [1.29, 1.82) is 0 Å². The van der Waals surface area contributed by atoms with E-state index in [1.165, 1.54) is 24.8 Å². The average Bonchev–Trinajstić information content (AvgIpc) is 2.70. The van der Waals surface area contributed by atoms with Gasteiger partial charge in [0.2, 0.25) is 0 Å². The van der Waals surface area contributed by atoms with Crippen molar-refractivity contribution in [3.8, 4) is 11.5 Å². The minimum Gasteiger partial charge on any atom is -0.494 e. The zero-order valence-electron chi connectivity index (χ0n) is 16.3. The van der Waals surface area contributed by atoms with Crippen molar-refractivity contribution in [3.05, 3.63) is 72.3 Å². The predicted molar refractivity (Wildman–Crippen MR) is 111 cm³/mol. The van der Waals surface area contributed by atoms with Crippen LogP contribution in [0.1, 0.15) is 61.4 Å². The molecule has 0 radical (unpaired) electrons. The van der Waals surface area contributed by atoms with Gasteiger partial charge in [-0.3, -0.25) is 0 Å². The second-order valence-electron chi connectivity index (χ2n) is 6.65. The number of hydrogen-bond donors (Lipinski definition) is 0. The van der Waals surface area contributed by atoms with Gasteiger partial charge < -0.3 is 9.47 Å². The maximum atomic E-state index is 12.3. The molecule has 2 aromatic rings. The first kappa shape index (κ1) is 20.8. The Balaban J connectivity index is 1.80. The fraction of sp³-hybridized carbons (Fsp3) is 0.375. The fourth-order valence-electron chi connectivity index (χ4n) is 2.74. The molecule has 0 heterocycles. The molecule has 0 saturated carbocycles. The smallest absolute Gasteiger partial charge is 0.343 e. The highest BCUT2D eigenvalue weighted by atomic mass is 16.5. The lowest BCUT2D eigenvalue weighted by Crippen LogP contribution is -2.08. The number of carbonyl (C=O) groups excluding carboxylic acids is 1. The topological polar surface area (TPSA) is 35.5 Å². The number of ether oxygens (including phenoxy) is 2. The summed E-state index contributed by atoms with van der Waals surface area (Å²) in [6, 6.07) is 14.9. The summed E-state index contributed by atoms with van der Waals surface area (Å²) in [5, 5.41) is 0. The van der Waals surface area contributed by atoms with E-state index in [4.69, 9.17) is 9.47 Å². The molecule has 0 unspecified atom stereocenters. The first-order chi connectivity index (χ1) is 13.2. The van der Waals surface area contributed by atoms with Crippen molar-refractivity contribution in [2.75, 3.05) is 6.61 Å². The Morgan fingerprint density at radius 3 is 2.30 bits per heavy atom. The maximum Gasteiger partial charge on any atom is 0.343 e. The molecule has 3 heteroatoms. The van der Waals surface area contributed by atoms with Crippen LogP contribution >= 0.6 is 0 Å². The third-order valence-corrected chi connectivity index (χ3v) is 4.36. The van der Waals surface area contributed by atoms with Crippen molar-refractivity contribution >= 4 is 5.97 Å². The van der Waals surface area contributed by atoms with Gasteiger partial charge in [0.25, 0.3) is 0 Å². The highest BCUT2D eigenvalue weighted by molar-refractivity contribution is 5.91. The Hall–Kier alpha value is -2.55. The summed E-state index contributed by atoms with van der Waals surface area (Å²) in [5.74, 6) is 0.981. The number of carbonyl (C=O) groups is 1. The lowest BCUT2D eigenvalue weighted by atomic mass is 10.1. The minimum absolute atomic E-state index is 0.355. The molecule has 0 amide bonds. The number of hydrogen-bond acceptors (Lipinski definition) is 3. The van der Waals surface area contributed by atoms with Gasteiger partial charge in [-0.15, -0.1) is 6.58 Å². The van der Waals surface area contributed by atoms with Gasteiger partial charge in [0.1, 0.15) is 11.5 Å². The maximum absolute atomic E-state index is 12.3. The van der Waals surface area contributed by atoms with Gasteiger partial charge in [-0.2, -0.15) is 0 Å². The Kier molecular flexibility index (Phi) is 9.19. The summed E-state index contributed by atoms with van der Waals surface area (Å²) < 4.78 is 11.1. The van der Waals surface area contributed by atoms with E-state index < -0.39 is 0 Å². The molecule has 0 aliphatic heterocycles. The molecule has 0 N–H and O–H groups in total. The Morgan fingerprint density at radius 1 is 0.926 bits per heavy atom. The third kappa shape index (κ3) is 7.69. The van der Waals surface area contributed by atoms with E-state index in [-0.39, 0.29) is 5.97 Å². The molecule has 2 aromatic carbocycles. The Labute approximate surface area is 163 Å². The molecule has 0 aromatic heterocycles. The van der Waals surface area contributed by atoms with Crippen molar-refractivity contribution in [3.63, 3.8) is 0 Å². The zero-order chi connectivity index (χ0) is 19.3. The Bertz CT molecular complexity index is 687. The predicted octanol–water partition coefficient (Wildman–Crippen LogP) is 6.37. The molecule has 0 bridgehead atoms. The second kappa shape index (κ2) is 11.9. The van der Waals surface area contributed by atoms with Gasteiger partial charge >= 0.3 is 5.97 Å². The number of benzene rings is 2. The van der Waals surface area contributed by atoms with Crippen LogP contribution in [0, 0.1) is 0 Å². The number of allylic oxidation sites excluding steroid dienone is 1. The summed E-state index contributed by atoms with van der Waals surface area (Å²) in [5.41, 5.74) is 1.79. The van der Waals surface area contributed by atoms with Crippen LogP contribution in [0.2, 0.25) is 0 Å². The molecule has 0 fully saturated rings. The number of esters is 1. The summed E-state index contributed by atoms with van der Waals surface area (Å²) in [7, 11) is 0. The number of rotatable bonds is 12. The van der Waals surface area contributed by atoms with Crippen LogP contribution in [-0.2, 0) is 6.42 Å². The zero-order valence-corrected chi connectivity index (χ0v) is 16.3. The van der Waals surface area contributed by atoms with Crippen LogP contribution in [0.25, 0.3) is 0 Å². The largest absolute Gasteiger partial charge is 0.494 e. The minimum atomic E-state index is -0.355. The standard InChI is InChI=1S/C24H30O3/c1-3-5-7-9-19-26-22-17-13-21(14-18-22)24(25)27-23-15-11-20(12-16-23)10-8-6-4-2/h3,11-18H,1,4-10,19H2,2H3. The van der Waals surface area contributed by atoms with E-state index in [0.717, 1.165) is 31.4 Å². The SMILES string of the molecule is C=CCCCCOc1ccc(C(=O)Oc2ccc(CCCCC)cc2)cc1. The van der Waals surface area contributed by atoms with Crippen LogP contribution in [0.15, 0.2) is 61.2 Å². The lowest BCUT2D eigenvalue weighted by molar-refractivity contribution is 0.0734. The van der Waals surface area contributed by atoms with Crippen LogP contribution in [-0.4, -0.2) is 12.6 Å². The van der Waals surface area contributed by atoms with Crippen LogP contribution < -0.4 is 9.47 Å². The van der Waals surface area contributed by atoms with Crippen molar-refractivity contribution in [2.45, 2.75) is 51.9 Å². The van der Waals surface area contributed by atoms with Crippen molar-refractivity contribution in [2.24, 2.45) is 0 Å². The monoisotopic (exact) mass is 366 g/mol. The van der Waals surface area contributed by atoms with Crippen LogP contribution in [0.3, 0.4) is 0 Å². The fourth-order valence-corrected chi connectivity index (χ4v) is 2.74. The van der Waals surface area contributed by atoms with E-state index >= 15 is 0 Å². The number of aryl methyl sites for hydroxylation is 1. The van der Waals surface area contributed by atoms with E-state index in [2.05, 4.69) is 13.5 Å². The summed E-state index contributed by atoms with van der Waals surface area (Å²) in [4.78, 5) is 12.3. The molecule has 0 saturated heterocycles. The third-order valence-electron chi connectivity index (χ3n) is 4.36. The summed E-state index contributed by atoms with van der Waals surface area (Å²) in [6.07, 6.45) is 9.71. The lowest BCUT2D eigenvalue weighted by Gasteiger charge is -2.08. The molecular formula is C24H30O3. The van der Waals surface area contributed by atoms with E-state index in [0.29, 0.717) is 17.9 Å². The first-order valence-corrected chi connectivity index (χ1v) is 9.88. The normalized spacial score (nSPS) is 10.4. The highest BCUT2D eigenvalue weighted by Gasteiger charge is 2.09. The molecule has 0 aliphatic rings. The summed E-state index contributed by atoms with van der Waals surface area (Å²) in [6.45, 7) is 6.58. The molecule has 0 atom stereocenters. The molecule has 2 rings (SSSR count). The van der Waals surface area contributed by atoms with E-state index in [1.807, 2.05) is 30.3 Å². The van der Waals surface area contributed by atoms with E-state index in [1.54, 1.807) is 24.3 Å². The van der Waals surface area contributed by atoms with Gasteiger partial charge in [-0.1, -0.05) is 38.0 Å². The summed E-state index contributed by atoms with van der Waals surface area (Å²) >= 11 is 0. The molecule has 0 aliphatic carbocycles. The number of unbranched alkanes of at least 4 members (excludes halogenated alkanes) is 4. The second-order valence-corrected chi connectivity index (χ2v) is 6.65. The van der Waals surface area contributed by atoms with Crippen LogP contribution in [0.5, 0.6) is 11.5 Å².